The van der Waals surface area contributed by atoms with Gasteiger partial charge in [-0.15, -0.1) is 0 Å². The number of hydrogen-bond acceptors (Lipinski definition) is 4. The van der Waals surface area contributed by atoms with Crippen LogP contribution >= 0.6 is 0 Å². The Kier molecular flexibility index (Phi) is 1.77. The number of hydrogen-bond donors (Lipinski definition) is 3. The Morgan fingerprint density at radius 3 is 1.77 bits per heavy atom. The van der Waals surface area contributed by atoms with E-state index in [2.05, 4.69) is 0 Å². The van der Waals surface area contributed by atoms with Crippen LogP contribution in [-0.4, -0.2) is 44.8 Å². The standard InChI is InChI=1S/C9H16O4/c1-8-3-5(10)4-9(2,13-8)7(12)6(8)11/h5-7,10-12H,3-4H2,1-2H3/t5-,6+,7-,8-,9+. The topological polar surface area (TPSA) is 69.9 Å². The summed E-state index contributed by atoms with van der Waals surface area (Å²) in [5, 5.41) is 29.0. The minimum absolute atomic E-state index is 0.390. The van der Waals surface area contributed by atoms with E-state index in [9.17, 15) is 15.3 Å². The first-order valence-corrected chi connectivity index (χ1v) is 4.62. The highest BCUT2D eigenvalue weighted by molar-refractivity contribution is 5.11. The van der Waals surface area contributed by atoms with Crippen molar-refractivity contribution in [2.45, 2.75) is 56.2 Å². The second kappa shape index (κ2) is 2.45. The third-order valence-corrected chi connectivity index (χ3v) is 3.30. The molecule has 0 radical (unpaired) electrons. The van der Waals surface area contributed by atoms with Crippen LogP contribution in [0.3, 0.4) is 0 Å². The smallest absolute Gasteiger partial charge is 0.111 e. The first-order chi connectivity index (χ1) is 5.87. The quantitative estimate of drug-likeness (QED) is 0.475. The predicted molar refractivity (Wildman–Crippen MR) is 45.1 cm³/mol. The van der Waals surface area contributed by atoms with Gasteiger partial charge in [-0.1, -0.05) is 0 Å². The van der Waals surface area contributed by atoms with Gasteiger partial charge in [0.05, 0.1) is 17.3 Å². The fourth-order valence-electron chi connectivity index (χ4n) is 2.65. The van der Waals surface area contributed by atoms with Crippen molar-refractivity contribution in [3.05, 3.63) is 0 Å². The highest BCUT2D eigenvalue weighted by Gasteiger charge is 2.61. The second-order valence-corrected chi connectivity index (χ2v) is 4.68. The molecule has 2 bridgehead atoms. The van der Waals surface area contributed by atoms with Gasteiger partial charge >= 0.3 is 0 Å². The number of rotatable bonds is 0. The Labute approximate surface area is 77.1 Å². The van der Waals surface area contributed by atoms with Crippen LogP contribution in [0.4, 0.5) is 0 Å². The normalized spacial score (nSPS) is 61.2. The molecule has 0 unspecified atom stereocenters. The predicted octanol–water partition coefficient (Wildman–Crippen LogP) is -0.590. The molecule has 2 aliphatic heterocycles. The van der Waals surface area contributed by atoms with Gasteiger partial charge in [0.2, 0.25) is 0 Å². The van der Waals surface area contributed by atoms with E-state index in [1.54, 1.807) is 13.8 Å². The molecule has 4 nitrogen and oxygen atoms in total. The van der Waals surface area contributed by atoms with E-state index in [1.807, 2.05) is 0 Å². The van der Waals surface area contributed by atoms with E-state index in [0.29, 0.717) is 12.8 Å². The summed E-state index contributed by atoms with van der Waals surface area (Å²) in [5.74, 6) is 0. The Morgan fingerprint density at radius 1 is 1.00 bits per heavy atom. The number of ether oxygens (including phenoxy) is 1. The maximum atomic E-state index is 9.72. The zero-order valence-electron chi connectivity index (χ0n) is 7.90. The first-order valence-electron chi connectivity index (χ1n) is 4.62. The third kappa shape index (κ3) is 1.13. The lowest BCUT2D eigenvalue weighted by Gasteiger charge is -2.38. The molecule has 0 amide bonds. The van der Waals surface area contributed by atoms with Crippen molar-refractivity contribution < 1.29 is 20.1 Å². The van der Waals surface area contributed by atoms with Gasteiger partial charge in [-0.2, -0.15) is 0 Å². The van der Waals surface area contributed by atoms with Crippen molar-refractivity contribution in [3.63, 3.8) is 0 Å². The molecular weight excluding hydrogens is 172 g/mol. The molecule has 76 valence electrons. The molecule has 4 heteroatoms. The summed E-state index contributed by atoms with van der Waals surface area (Å²) in [6.07, 6.45) is -1.50. The molecule has 2 heterocycles. The molecule has 3 N–H and O–H groups in total. The first kappa shape index (κ1) is 9.40. The zero-order valence-corrected chi connectivity index (χ0v) is 7.90. The molecule has 0 saturated carbocycles. The summed E-state index contributed by atoms with van der Waals surface area (Å²) in [4.78, 5) is 0. The van der Waals surface area contributed by atoms with Gasteiger partial charge in [0, 0.05) is 12.8 Å². The highest BCUT2D eigenvalue weighted by Crippen LogP contribution is 2.47. The van der Waals surface area contributed by atoms with Gasteiger partial charge in [0.15, 0.2) is 0 Å². The average Bonchev–Trinajstić information content (AvgIpc) is 2.08. The molecule has 5 atom stereocenters. The van der Waals surface area contributed by atoms with Crippen molar-refractivity contribution in [2.75, 3.05) is 0 Å². The van der Waals surface area contributed by atoms with Gasteiger partial charge in [-0.25, -0.2) is 0 Å². The fraction of sp³-hybridized carbons (Fsp3) is 1.00. The molecule has 2 saturated heterocycles. The zero-order chi connectivity index (χ0) is 9.85. The van der Waals surface area contributed by atoms with Crippen molar-refractivity contribution in [1.29, 1.82) is 0 Å². The molecule has 2 rings (SSSR count). The van der Waals surface area contributed by atoms with Crippen molar-refractivity contribution in [3.8, 4) is 0 Å². The van der Waals surface area contributed by atoms with E-state index in [1.165, 1.54) is 0 Å². The minimum atomic E-state index is -0.894. The van der Waals surface area contributed by atoms with Crippen molar-refractivity contribution in [2.24, 2.45) is 0 Å². The Morgan fingerprint density at radius 2 is 1.38 bits per heavy atom. The molecule has 0 aromatic heterocycles. The van der Waals surface area contributed by atoms with Crippen LogP contribution in [0, 0.1) is 0 Å². The maximum absolute atomic E-state index is 9.72. The second-order valence-electron chi connectivity index (χ2n) is 4.68. The third-order valence-electron chi connectivity index (χ3n) is 3.30. The molecule has 0 aromatic rings. The monoisotopic (exact) mass is 188 g/mol. The Balaban J connectivity index is 2.35. The summed E-state index contributed by atoms with van der Waals surface area (Å²) in [6.45, 7) is 3.46. The summed E-state index contributed by atoms with van der Waals surface area (Å²) in [5.41, 5.74) is -1.57. The Bertz CT molecular complexity index is 210. The van der Waals surface area contributed by atoms with Gasteiger partial charge in [-0.3, -0.25) is 0 Å². The lowest BCUT2D eigenvalue weighted by atomic mass is 9.92. The number of aliphatic hydroxyl groups excluding tert-OH is 3. The summed E-state index contributed by atoms with van der Waals surface area (Å²) >= 11 is 0. The van der Waals surface area contributed by atoms with Gasteiger partial charge in [0.1, 0.15) is 12.2 Å². The highest BCUT2D eigenvalue weighted by atomic mass is 16.6. The summed E-state index contributed by atoms with van der Waals surface area (Å²) in [6, 6.07) is 0. The summed E-state index contributed by atoms with van der Waals surface area (Å²) in [7, 11) is 0. The minimum Gasteiger partial charge on any atom is -0.393 e. The molecule has 2 aliphatic rings. The van der Waals surface area contributed by atoms with Crippen LogP contribution in [0.2, 0.25) is 0 Å². The number of aliphatic hydroxyl groups is 3. The van der Waals surface area contributed by atoms with E-state index in [-0.39, 0.29) is 0 Å². The SMILES string of the molecule is C[C@]12C[C@@H](O)C[C@](C)(O1)[C@H](O)[C@@H]2O. The lowest BCUT2D eigenvalue weighted by molar-refractivity contribution is -0.177. The molecular formula is C9H16O4. The molecule has 0 aliphatic carbocycles. The van der Waals surface area contributed by atoms with Crippen molar-refractivity contribution >= 4 is 0 Å². The van der Waals surface area contributed by atoms with Crippen LogP contribution in [0.25, 0.3) is 0 Å². The van der Waals surface area contributed by atoms with Gasteiger partial charge in [0.25, 0.3) is 0 Å². The van der Waals surface area contributed by atoms with E-state index in [4.69, 9.17) is 4.74 Å². The van der Waals surface area contributed by atoms with Crippen LogP contribution in [0.1, 0.15) is 26.7 Å². The van der Waals surface area contributed by atoms with E-state index >= 15 is 0 Å². The summed E-state index contributed by atoms with van der Waals surface area (Å²) < 4.78 is 5.61. The molecule has 2 fully saturated rings. The molecule has 0 aromatic carbocycles. The van der Waals surface area contributed by atoms with Gasteiger partial charge < -0.3 is 20.1 Å². The van der Waals surface area contributed by atoms with Gasteiger partial charge in [-0.05, 0) is 13.8 Å². The lowest BCUT2D eigenvalue weighted by Crippen LogP contribution is -2.46. The van der Waals surface area contributed by atoms with E-state index < -0.39 is 29.5 Å². The largest absolute Gasteiger partial charge is 0.393 e. The molecule has 13 heavy (non-hydrogen) atoms. The fourth-order valence-corrected chi connectivity index (χ4v) is 2.65. The molecule has 0 spiro atoms. The van der Waals surface area contributed by atoms with Crippen LogP contribution in [0.15, 0.2) is 0 Å². The maximum Gasteiger partial charge on any atom is 0.111 e. The van der Waals surface area contributed by atoms with Crippen molar-refractivity contribution in [1.82, 2.24) is 0 Å². The van der Waals surface area contributed by atoms with Crippen LogP contribution in [-0.2, 0) is 4.74 Å². The van der Waals surface area contributed by atoms with Crippen LogP contribution in [0.5, 0.6) is 0 Å². The van der Waals surface area contributed by atoms with Crippen LogP contribution < -0.4 is 0 Å². The van der Waals surface area contributed by atoms with E-state index in [0.717, 1.165) is 0 Å². The average molecular weight is 188 g/mol. The number of fused-ring (bicyclic) bond motifs is 2. The Hall–Kier alpha value is -0.160.